The number of hydrogen-bond donors (Lipinski definition) is 1. The van der Waals surface area contributed by atoms with Crippen molar-refractivity contribution in [1.29, 1.82) is 0 Å². The lowest BCUT2D eigenvalue weighted by Crippen LogP contribution is -2.15. The van der Waals surface area contributed by atoms with Gasteiger partial charge in [-0.15, -0.1) is 0 Å². The molecule has 0 bridgehead atoms. The van der Waals surface area contributed by atoms with Crippen LogP contribution in [0.1, 0.15) is 22.8 Å². The van der Waals surface area contributed by atoms with Crippen molar-refractivity contribution in [3.63, 3.8) is 0 Å². The molecule has 1 N–H and O–H groups in total. The zero-order valence-electron chi connectivity index (χ0n) is 10.3. The summed E-state index contributed by atoms with van der Waals surface area (Å²) in [6, 6.07) is 8.32. The lowest BCUT2D eigenvalue weighted by atomic mass is 10.1. The first kappa shape index (κ1) is 13.1. The number of benzene rings is 1. The van der Waals surface area contributed by atoms with Crippen molar-refractivity contribution in [1.82, 2.24) is 4.98 Å². The number of aromatic nitrogens is 1. The largest absolute Gasteiger partial charge is 0.322 e. The molecule has 1 aromatic carbocycles. The molecule has 0 radical (unpaired) electrons. The molecule has 0 aliphatic rings. The maximum absolute atomic E-state index is 13.4. The molecule has 0 saturated carbocycles. The standard InChI is InChI=1S/C14H12F2N2O/c1-2-9-4-3-5-10(8-9)18-14(19)11-6-7-17-13(16)12(11)15/h3-8H,2H2,1H3,(H,18,19). The van der Waals surface area contributed by atoms with E-state index >= 15 is 0 Å². The molecule has 1 heterocycles. The summed E-state index contributed by atoms with van der Waals surface area (Å²) < 4.78 is 26.3. The van der Waals surface area contributed by atoms with Crippen LogP contribution in [0.5, 0.6) is 0 Å². The molecule has 0 saturated heterocycles. The number of halogens is 2. The first-order valence-electron chi connectivity index (χ1n) is 5.82. The number of aryl methyl sites for hydroxylation is 1. The van der Waals surface area contributed by atoms with E-state index in [1.165, 1.54) is 0 Å². The summed E-state index contributed by atoms with van der Waals surface area (Å²) in [6.45, 7) is 1.98. The van der Waals surface area contributed by atoms with Crippen molar-refractivity contribution < 1.29 is 13.6 Å². The highest BCUT2D eigenvalue weighted by molar-refractivity contribution is 6.04. The summed E-state index contributed by atoms with van der Waals surface area (Å²) >= 11 is 0. The lowest BCUT2D eigenvalue weighted by molar-refractivity contribution is 0.102. The molecule has 2 rings (SSSR count). The number of carbonyl (C=O) groups excluding carboxylic acids is 1. The van der Waals surface area contributed by atoms with Crippen LogP contribution in [0.2, 0.25) is 0 Å². The van der Waals surface area contributed by atoms with Gasteiger partial charge in [0.05, 0.1) is 5.56 Å². The van der Waals surface area contributed by atoms with Crippen molar-refractivity contribution in [2.24, 2.45) is 0 Å². The van der Waals surface area contributed by atoms with Gasteiger partial charge in [-0.2, -0.15) is 4.39 Å². The second-order valence-electron chi connectivity index (χ2n) is 3.97. The molecule has 0 spiro atoms. The van der Waals surface area contributed by atoms with E-state index in [1.807, 2.05) is 13.0 Å². The Morgan fingerprint density at radius 2 is 2.11 bits per heavy atom. The highest BCUT2D eigenvalue weighted by Crippen LogP contribution is 2.14. The summed E-state index contributed by atoms with van der Waals surface area (Å²) in [5.74, 6) is -3.23. The number of anilines is 1. The predicted octanol–water partition coefficient (Wildman–Crippen LogP) is 3.17. The Balaban J connectivity index is 2.23. The summed E-state index contributed by atoms with van der Waals surface area (Å²) in [7, 11) is 0. The summed E-state index contributed by atoms with van der Waals surface area (Å²) in [4.78, 5) is 15.0. The van der Waals surface area contributed by atoms with Gasteiger partial charge in [0, 0.05) is 11.9 Å². The third kappa shape index (κ3) is 2.93. The van der Waals surface area contributed by atoms with Crippen molar-refractivity contribution in [2.45, 2.75) is 13.3 Å². The molecule has 1 amide bonds. The fourth-order valence-corrected chi connectivity index (χ4v) is 1.66. The summed E-state index contributed by atoms with van der Waals surface area (Å²) in [5.41, 5.74) is 1.22. The normalized spacial score (nSPS) is 10.3. The first-order valence-corrected chi connectivity index (χ1v) is 5.82. The van der Waals surface area contributed by atoms with Gasteiger partial charge >= 0.3 is 0 Å². The number of rotatable bonds is 3. The van der Waals surface area contributed by atoms with Gasteiger partial charge in [-0.05, 0) is 30.2 Å². The second-order valence-corrected chi connectivity index (χ2v) is 3.97. The fourth-order valence-electron chi connectivity index (χ4n) is 1.66. The molecule has 5 heteroatoms. The SMILES string of the molecule is CCc1cccc(NC(=O)c2ccnc(F)c2F)c1. The lowest BCUT2D eigenvalue weighted by Gasteiger charge is -2.07. The van der Waals surface area contributed by atoms with Gasteiger partial charge in [-0.25, -0.2) is 9.37 Å². The molecule has 1 aromatic heterocycles. The highest BCUT2D eigenvalue weighted by atomic mass is 19.2. The van der Waals surface area contributed by atoms with E-state index in [9.17, 15) is 13.6 Å². The van der Waals surface area contributed by atoms with Crippen molar-refractivity contribution in [3.8, 4) is 0 Å². The summed E-state index contributed by atoms with van der Waals surface area (Å²) in [6.07, 6.45) is 1.87. The topological polar surface area (TPSA) is 42.0 Å². The monoisotopic (exact) mass is 262 g/mol. The van der Waals surface area contributed by atoms with Crippen LogP contribution in [0.15, 0.2) is 36.5 Å². The number of nitrogens with zero attached hydrogens (tertiary/aromatic N) is 1. The fraction of sp³-hybridized carbons (Fsp3) is 0.143. The molecule has 0 aliphatic heterocycles. The average molecular weight is 262 g/mol. The Morgan fingerprint density at radius 3 is 2.84 bits per heavy atom. The third-order valence-corrected chi connectivity index (χ3v) is 2.68. The van der Waals surface area contributed by atoms with Crippen LogP contribution in [0, 0.1) is 11.8 Å². The van der Waals surface area contributed by atoms with E-state index in [4.69, 9.17) is 0 Å². The molecule has 19 heavy (non-hydrogen) atoms. The minimum Gasteiger partial charge on any atom is -0.322 e. The Hall–Kier alpha value is -2.30. The van der Waals surface area contributed by atoms with Crippen molar-refractivity contribution >= 4 is 11.6 Å². The van der Waals surface area contributed by atoms with Crippen LogP contribution in [-0.4, -0.2) is 10.9 Å². The molecule has 0 aliphatic carbocycles. The number of nitrogens with one attached hydrogen (secondary N) is 1. The first-order chi connectivity index (χ1) is 9.11. The van der Waals surface area contributed by atoms with Crippen LogP contribution in [0.4, 0.5) is 14.5 Å². The molecular formula is C14H12F2N2O. The Labute approximate surface area is 109 Å². The maximum Gasteiger partial charge on any atom is 0.258 e. The van der Waals surface area contributed by atoms with E-state index < -0.39 is 17.7 Å². The van der Waals surface area contributed by atoms with E-state index in [0.29, 0.717) is 5.69 Å². The quantitative estimate of drug-likeness (QED) is 0.863. The van der Waals surface area contributed by atoms with Gasteiger partial charge in [-0.3, -0.25) is 4.79 Å². The molecule has 0 fully saturated rings. The van der Waals surface area contributed by atoms with Gasteiger partial charge in [0.2, 0.25) is 5.95 Å². The number of amides is 1. The Morgan fingerprint density at radius 1 is 1.32 bits per heavy atom. The number of carbonyl (C=O) groups is 1. The minimum absolute atomic E-state index is 0.366. The van der Waals surface area contributed by atoms with Gasteiger partial charge in [0.1, 0.15) is 0 Å². The van der Waals surface area contributed by atoms with Crippen LogP contribution in [0.3, 0.4) is 0 Å². The molecular weight excluding hydrogens is 250 g/mol. The maximum atomic E-state index is 13.4. The molecule has 0 unspecified atom stereocenters. The van der Waals surface area contributed by atoms with E-state index in [-0.39, 0.29) is 5.56 Å². The molecule has 3 nitrogen and oxygen atoms in total. The predicted molar refractivity (Wildman–Crippen MR) is 67.9 cm³/mol. The van der Waals surface area contributed by atoms with Crippen molar-refractivity contribution in [3.05, 3.63) is 59.4 Å². The molecule has 2 aromatic rings. The van der Waals surface area contributed by atoms with Crippen LogP contribution < -0.4 is 5.32 Å². The smallest absolute Gasteiger partial charge is 0.258 e. The molecule has 98 valence electrons. The number of hydrogen-bond acceptors (Lipinski definition) is 2. The van der Waals surface area contributed by atoms with Gasteiger partial charge < -0.3 is 5.32 Å². The zero-order valence-corrected chi connectivity index (χ0v) is 10.3. The van der Waals surface area contributed by atoms with E-state index in [0.717, 1.165) is 24.2 Å². The van der Waals surface area contributed by atoms with Crippen LogP contribution in [0.25, 0.3) is 0 Å². The molecule has 0 atom stereocenters. The zero-order chi connectivity index (χ0) is 13.8. The van der Waals surface area contributed by atoms with Gasteiger partial charge in [0.25, 0.3) is 5.91 Å². The van der Waals surface area contributed by atoms with E-state index in [2.05, 4.69) is 10.3 Å². The average Bonchev–Trinajstić information content (AvgIpc) is 2.42. The highest BCUT2D eigenvalue weighted by Gasteiger charge is 2.16. The van der Waals surface area contributed by atoms with Crippen LogP contribution in [-0.2, 0) is 6.42 Å². The summed E-state index contributed by atoms with van der Waals surface area (Å²) in [5, 5.41) is 2.53. The second kappa shape index (κ2) is 5.56. The van der Waals surface area contributed by atoms with Crippen molar-refractivity contribution in [2.75, 3.05) is 5.32 Å². The van der Waals surface area contributed by atoms with Gasteiger partial charge in [0.15, 0.2) is 5.82 Å². The minimum atomic E-state index is -1.28. The Kier molecular flexibility index (Phi) is 3.85. The van der Waals surface area contributed by atoms with Gasteiger partial charge in [-0.1, -0.05) is 19.1 Å². The van der Waals surface area contributed by atoms with E-state index in [1.54, 1.807) is 18.2 Å². The van der Waals surface area contributed by atoms with Crippen LogP contribution >= 0.6 is 0 Å². The third-order valence-electron chi connectivity index (χ3n) is 2.68. The number of pyridine rings is 1. The Bertz CT molecular complexity index is 614.